The van der Waals surface area contributed by atoms with Crippen molar-refractivity contribution < 1.29 is 14.3 Å². The minimum Gasteiger partial charge on any atom is -0.492 e. The second-order valence-electron chi connectivity index (χ2n) is 5.72. The maximum Gasteiger partial charge on any atom is 0.231 e. The van der Waals surface area contributed by atoms with Crippen molar-refractivity contribution in [1.29, 1.82) is 0 Å². The van der Waals surface area contributed by atoms with Crippen LogP contribution >= 0.6 is 11.6 Å². The number of anilines is 2. The highest BCUT2D eigenvalue weighted by molar-refractivity contribution is 6.30. The molecule has 1 aliphatic heterocycles. The summed E-state index contributed by atoms with van der Waals surface area (Å²) in [7, 11) is 0. The van der Waals surface area contributed by atoms with Gasteiger partial charge in [-0.2, -0.15) is 0 Å². The Morgan fingerprint density at radius 1 is 1.12 bits per heavy atom. The van der Waals surface area contributed by atoms with Crippen molar-refractivity contribution in [2.24, 2.45) is 5.92 Å². The summed E-state index contributed by atoms with van der Waals surface area (Å²) in [4.78, 5) is 23.6. The minimum atomic E-state index is -0.291. The number of carbonyl (C=O) groups excluding carboxylic acids is 2. The van der Waals surface area contributed by atoms with Gasteiger partial charge >= 0.3 is 0 Å². The summed E-state index contributed by atoms with van der Waals surface area (Å²) >= 11 is 6.00. The molecule has 3 rings (SSSR count). The fourth-order valence-corrected chi connectivity index (χ4v) is 2.85. The number of ether oxygens (including phenoxy) is 1. The Balaban J connectivity index is 1.68. The Hall–Kier alpha value is -2.53. The zero-order valence-electron chi connectivity index (χ0n) is 13.1. The SMILES string of the molecule is CC(=O)Nc1cccc(NC(=O)C2COc3ccc(Cl)cc3C2)c1. The van der Waals surface area contributed by atoms with Crippen LogP contribution in [0.5, 0.6) is 5.75 Å². The standard InChI is InChI=1S/C18H17ClN2O3/c1-11(22)20-15-3-2-4-16(9-15)21-18(23)13-7-12-8-14(19)5-6-17(12)24-10-13/h2-6,8-9,13H,7,10H2,1H3,(H,20,22)(H,21,23). The Bertz CT molecular complexity index is 792. The maximum atomic E-state index is 12.5. The lowest BCUT2D eigenvalue weighted by Gasteiger charge is -2.24. The van der Waals surface area contributed by atoms with Gasteiger partial charge in [0.05, 0.1) is 5.92 Å². The molecule has 2 amide bonds. The van der Waals surface area contributed by atoms with E-state index >= 15 is 0 Å². The molecule has 1 unspecified atom stereocenters. The maximum absolute atomic E-state index is 12.5. The molecule has 124 valence electrons. The van der Waals surface area contributed by atoms with E-state index in [2.05, 4.69) is 10.6 Å². The van der Waals surface area contributed by atoms with Gasteiger partial charge in [0.1, 0.15) is 12.4 Å². The summed E-state index contributed by atoms with van der Waals surface area (Å²) in [6.07, 6.45) is 0.577. The molecular weight excluding hydrogens is 328 g/mol. The van der Waals surface area contributed by atoms with Gasteiger partial charge in [0.25, 0.3) is 0 Å². The van der Waals surface area contributed by atoms with Crippen molar-refractivity contribution in [3.05, 3.63) is 53.1 Å². The molecule has 0 radical (unpaired) electrons. The molecule has 0 saturated carbocycles. The molecule has 0 fully saturated rings. The molecular formula is C18H17ClN2O3. The Kier molecular flexibility index (Phi) is 4.71. The Morgan fingerprint density at radius 3 is 2.62 bits per heavy atom. The van der Waals surface area contributed by atoms with Crippen molar-refractivity contribution in [3.63, 3.8) is 0 Å². The van der Waals surface area contributed by atoms with Crippen molar-refractivity contribution in [2.75, 3.05) is 17.2 Å². The van der Waals surface area contributed by atoms with Crippen LogP contribution in [0.2, 0.25) is 5.02 Å². The summed E-state index contributed by atoms with van der Waals surface area (Å²) in [5.74, 6) is 0.199. The van der Waals surface area contributed by atoms with E-state index in [1.54, 1.807) is 30.3 Å². The topological polar surface area (TPSA) is 67.4 Å². The lowest BCUT2D eigenvalue weighted by atomic mass is 9.96. The van der Waals surface area contributed by atoms with Crippen molar-refractivity contribution in [3.8, 4) is 5.75 Å². The van der Waals surface area contributed by atoms with Crippen LogP contribution in [-0.4, -0.2) is 18.4 Å². The quantitative estimate of drug-likeness (QED) is 0.895. The molecule has 2 aromatic rings. The number of fused-ring (bicyclic) bond motifs is 1. The van der Waals surface area contributed by atoms with Crippen molar-refractivity contribution in [1.82, 2.24) is 0 Å². The fourth-order valence-electron chi connectivity index (χ4n) is 2.65. The molecule has 5 nitrogen and oxygen atoms in total. The predicted molar refractivity (Wildman–Crippen MR) is 93.5 cm³/mol. The number of hydrogen-bond donors (Lipinski definition) is 2. The lowest BCUT2D eigenvalue weighted by molar-refractivity contribution is -0.121. The number of nitrogens with one attached hydrogen (secondary N) is 2. The number of halogens is 1. The largest absolute Gasteiger partial charge is 0.492 e. The third-order valence-electron chi connectivity index (χ3n) is 3.75. The molecule has 0 bridgehead atoms. The summed E-state index contributed by atoms with van der Waals surface area (Å²) in [5.41, 5.74) is 2.20. The molecule has 2 aromatic carbocycles. The zero-order valence-corrected chi connectivity index (χ0v) is 13.9. The van der Waals surface area contributed by atoms with Crippen molar-refractivity contribution >= 4 is 34.8 Å². The van der Waals surface area contributed by atoms with E-state index in [-0.39, 0.29) is 17.7 Å². The Labute approximate surface area is 145 Å². The predicted octanol–water partition coefficient (Wildman–Crippen LogP) is 3.49. The molecule has 1 heterocycles. The van der Waals surface area contributed by atoms with E-state index in [0.717, 1.165) is 11.3 Å². The third kappa shape index (κ3) is 3.86. The normalized spacial score (nSPS) is 15.8. The van der Waals surface area contributed by atoms with E-state index < -0.39 is 0 Å². The highest BCUT2D eigenvalue weighted by Crippen LogP contribution is 2.30. The molecule has 1 aliphatic rings. The summed E-state index contributed by atoms with van der Waals surface area (Å²) < 4.78 is 5.65. The number of hydrogen-bond acceptors (Lipinski definition) is 3. The number of carbonyl (C=O) groups is 2. The molecule has 6 heteroatoms. The van der Waals surface area contributed by atoms with Crippen molar-refractivity contribution in [2.45, 2.75) is 13.3 Å². The van der Waals surface area contributed by atoms with Gasteiger partial charge in [-0.25, -0.2) is 0 Å². The third-order valence-corrected chi connectivity index (χ3v) is 3.99. The van der Waals surface area contributed by atoms with Crippen LogP contribution < -0.4 is 15.4 Å². The van der Waals surface area contributed by atoms with Crippen LogP contribution in [0.3, 0.4) is 0 Å². The van der Waals surface area contributed by atoms with Gasteiger partial charge in [0, 0.05) is 23.3 Å². The van der Waals surface area contributed by atoms with Crippen LogP contribution in [0, 0.1) is 5.92 Å². The lowest BCUT2D eigenvalue weighted by Crippen LogP contribution is -2.32. The summed E-state index contributed by atoms with van der Waals surface area (Å²) in [6.45, 7) is 1.76. The van der Waals surface area contributed by atoms with Gasteiger partial charge in [-0.05, 0) is 48.4 Å². The average Bonchev–Trinajstić information content (AvgIpc) is 2.53. The molecule has 24 heavy (non-hydrogen) atoms. The molecule has 0 aliphatic carbocycles. The van der Waals surface area contributed by atoms with E-state index in [9.17, 15) is 9.59 Å². The first-order valence-electron chi connectivity index (χ1n) is 7.61. The van der Waals surface area contributed by atoms with Gasteiger partial charge in [0.2, 0.25) is 11.8 Å². The summed E-state index contributed by atoms with van der Waals surface area (Å²) in [6, 6.07) is 12.4. The number of benzene rings is 2. The van der Waals surface area contributed by atoms with Gasteiger partial charge in [-0.3, -0.25) is 9.59 Å². The van der Waals surface area contributed by atoms with Gasteiger partial charge in [-0.15, -0.1) is 0 Å². The van der Waals surface area contributed by atoms with E-state index in [4.69, 9.17) is 16.3 Å². The smallest absolute Gasteiger partial charge is 0.231 e. The first-order chi connectivity index (χ1) is 11.5. The van der Waals surface area contributed by atoms with Gasteiger partial charge in [-0.1, -0.05) is 17.7 Å². The van der Waals surface area contributed by atoms with Crippen LogP contribution in [0.4, 0.5) is 11.4 Å². The van der Waals surface area contributed by atoms with Crippen LogP contribution in [0.15, 0.2) is 42.5 Å². The molecule has 2 N–H and O–H groups in total. The monoisotopic (exact) mass is 344 g/mol. The molecule has 0 aromatic heterocycles. The van der Waals surface area contributed by atoms with Gasteiger partial charge < -0.3 is 15.4 Å². The first-order valence-corrected chi connectivity index (χ1v) is 7.99. The van der Waals surface area contributed by atoms with E-state index in [1.165, 1.54) is 6.92 Å². The highest BCUT2D eigenvalue weighted by atomic mass is 35.5. The summed E-state index contributed by atoms with van der Waals surface area (Å²) in [5, 5.41) is 6.18. The fraction of sp³-hybridized carbons (Fsp3) is 0.222. The molecule has 0 saturated heterocycles. The number of amides is 2. The van der Waals surface area contributed by atoms with Crippen LogP contribution in [-0.2, 0) is 16.0 Å². The second-order valence-corrected chi connectivity index (χ2v) is 6.15. The molecule has 0 spiro atoms. The van der Waals surface area contributed by atoms with Crippen LogP contribution in [0.25, 0.3) is 0 Å². The number of rotatable bonds is 3. The minimum absolute atomic E-state index is 0.124. The Morgan fingerprint density at radius 2 is 1.88 bits per heavy atom. The van der Waals surface area contributed by atoms with E-state index in [1.807, 2.05) is 12.1 Å². The van der Waals surface area contributed by atoms with E-state index in [0.29, 0.717) is 29.4 Å². The highest BCUT2D eigenvalue weighted by Gasteiger charge is 2.26. The van der Waals surface area contributed by atoms with Crippen LogP contribution in [0.1, 0.15) is 12.5 Å². The average molecular weight is 345 g/mol. The zero-order chi connectivity index (χ0) is 17.1. The second kappa shape index (κ2) is 6.93. The molecule has 1 atom stereocenters. The van der Waals surface area contributed by atoms with Gasteiger partial charge in [0.15, 0.2) is 0 Å². The first kappa shape index (κ1) is 16.3.